The van der Waals surface area contributed by atoms with Crippen LogP contribution in [0, 0.1) is 0 Å². The summed E-state index contributed by atoms with van der Waals surface area (Å²) in [7, 11) is 1.91. The van der Waals surface area contributed by atoms with E-state index in [1.54, 1.807) is 11.0 Å². The van der Waals surface area contributed by atoms with Gasteiger partial charge in [0.1, 0.15) is 6.33 Å². The fourth-order valence-corrected chi connectivity index (χ4v) is 2.32. The zero-order valence-electron chi connectivity index (χ0n) is 11.3. The predicted octanol–water partition coefficient (Wildman–Crippen LogP) is 1.68. The van der Waals surface area contributed by atoms with E-state index < -0.39 is 0 Å². The number of fused-ring (bicyclic) bond motifs is 1. The van der Waals surface area contributed by atoms with Crippen LogP contribution in [0.2, 0.25) is 0 Å². The molecule has 0 radical (unpaired) electrons. The van der Waals surface area contributed by atoms with Crippen molar-refractivity contribution in [3.63, 3.8) is 0 Å². The highest BCUT2D eigenvalue weighted by molar-refractivity contribution is 5.76. The van der Waals surface area contributed by atoms with Crippen molar-refractivity contribution < 1.29 is 0 Å². The Morgan fingerprint density at radius 3 is 2.89 bits per heavy atom. The van der Waals surface area contributed by atoms with Crippen LogP contribution in [-0.4, -0.2) is 32.3 Å². The van der Waals surface area contributed by atoms with Gasteiger partial charge in [0.2, 0.25) is 0 Å². The summed E-state index contributed by atoms with van der Waals surface area (Å²) in [4.78, 5) is 8.69. The van der Waals surface area contributed by atoms with Gasteiger partial charge in [-0.1, -0.05) is 20.3 Å². The molecule has 5 heteroatoms. The van der Waals surface area contributed by atoms with Gasteiger partial charge >= 0.3 is 0 Å². The van der Waals surface area contributed by atoms with Gasteiger partial charge in [0, 0.05) is 19.5 Å². The molecule has 0 saturated carbocycles. The Morgan fingerprint density at radius 1 is 1.33 bits per heavy atom. The minimum Gasteiger partial charge on any atom is -0.314 e. The number of hydrogen-bond donors (Lipinski definition) is 1. The minimum atomic E-state index is 0.485. The molecule has 0 spiro atoms. The van der Waals surface area contributed by atoms with Crippen LogP contribution in [0.3, 0.4) is 0 Å². The zero-order valence-corrected chi connectivity index (χ0v) is 11.3. The Hall–Kier alpha value is -1.49. The van der Waals surface area contributed by atoms with Crippen molar-refractivity contribution in [2.75, 3.05) is 6.54 Å². The van der Waals surface area contributed by atoms with E-state index in [9.17, 15) is 0 Å². The molecule has 2 aromatic heterocycles. The number of nitrogens with zero attached hydrogens (tertiary/aromatic N) is 4. The third-order valence-corrected chi connectivity index (χ3v) is 3.18. The molecule has 1 N–H and O–H groups in total. The van der Waals surface area contributed by atoms with Gasteiger partial charge in [-0.25, -0.2) is 9.97 Å². The van der Waals surface area contributed by atoms with Crippen molar-refractivity contribution in [1.82, 2.24) is 25.1 Å². The second-order valence-corrected chi connectivity index (χ2v) is 4.57. The summed E-state index contributed by atoms with van der Waals surface area (Å²) >= 11 is 0. The maximum absolute atomic E-state index is 4.42. The molecule has 18 heavy (non-hydrogen) atoms. The van der Waals surface area contributed by atoms with Gasteiger partial charge < -0.3 is 5.32 Å². The quantitative estimate of drug-likeness (QED) is 0.844. The maximum Gasteiger partial charge on any atom is 0.161 e. The molecular weight excluding hydrogens is 226 g/mol. The van der Waals surface area contributed by atoms with Crippen LogP contribution in [0.5, 0.6) is 0 Å². The number of rotatable bonds is 6. The molecule has 1 atom stereocenters. The molecule has 2 rings (SSSR count). The molecular formula is C13H21N5. The lowest BCUT2D eigenvalue weighted by Gasteiger charge is -2.16. The number of nitrogens with one attached hydrogen (secondary N) is 1. The first-order valence-corrected chi connectivity index (χ1v) is 6.61. The lowest BCUT2D eigenvalue weighted by molar-refractivity contribution is 0.483. The molecule has 0 amide bonds. The number of aryl methyl sites for hydroxylation is 1. The average Bonchev–Trinajstić information content (AvgIpc) is 2.73. The van der Waals surface area contributed by atoms with Crippen LogP contribution < -0.4 is 5.32 Å². The van der Waals surface area contributed by atoms with Crippen molar-refractivity contribution in [1.29, 1.82) is 0 Å². The van der Waals surface area contributed by atoms with Crippen LogP contribution in [0.25, 0.3) is 11.0 Å². The van der Waals surface area contributed by atoms with E-state index in [1.165, 1.54) is 12.8 Å². The number of hydrogen-bond acceptors (Lipinski definition) is 4. The van der Waals surface area contributed by atoms with Crippen molar-refractivity contribution in [2.24, 2.45) is 7.05 Å². The van der Waals surface area contributed by atoms with Gasteiger partial charge in [-0.3, -0.25) is 4.68 Å². The first-order chi connectivity index (χ1) is 8.76. The predicted molar refractivity (Wildman–Crippen MR) is 72.4 cm³/mol. The van der Waals surface area contributed by atoms with Gasteiger partial charge in [-0.05, 0) is 13.0 Å². The summed E-state index contributed by atoms with van der Waals surface area (Å²) in [5.74, 6) is 0. The lowest BCUT2D eigenvalue weighted by Crippen LogP contribution is -2.31. The Labute approximate surface area is 108 Å². The van der Waals surface area contributed by atoms with Gasteiger partial charge in [-0.15, -0.1) is 0 Å². The molecule has 98 valence electrons. The summed E-state index contributed by atoms with van der Waals surface area (Å²) in [5.41, 5.74) is 2.00. The minimum absolute atomic E-state index is 0.485. The molecule has 0 aliphatic carbocycles. The van der Waals surface area contributed by atoms with Gasteiger partial charge in [0.15, 0.2) is 5.65 Å². The van der Waals surface area contributed by atoms with E-state index in [2.05, 4.69) is 34.2 Å². The highest BCUT2D eigenvalue weighted by atomic mass is 15.3. The van der Waals surface area contributed by atoms with E-state index >= 15 is 0 Å². The standard InChI is InChI=1S/C13H21N5/c1-4-6-10(14-5-2)7-12-11-8-17-18(3)13(11)16-9-15-12/h8-10,14H,4-7H2,1-3H3. The molecule has 0 aliphatic heterocycles. The molecule has 2 aromatic rings. The second kappa shape index (κ2) is 5.91. The van der Waals surface area contributed by atoms with Crippen LogP contribution in [-0.2, 0) is 13.5 Å². The van der Waals surface area contributed by atoms with Crippen molar-refractivity contribution in [3.05, 3.63) is 18.2 Å². The van der Waals surface area contributed by atoms with Crippen LogP contribution >= 0.6 is 0 Å². The third kappa shape index (κ3) is 2.67. The highest BCUT2D eigenvalue weighted by Gasteiger charge is 2.13. The molecule has 5 nitrogen and oxygen atoms in total. The topological polar surface area (TPSA) is 55.6 Å². The van der Waals surface area contributed by atoms with Crippen molar-refractivity contribution >= 4 is 11.0 Å². The summed E-state index contributed by atoms with van der Waals surface area (Å²) < 4.78 is 1.79. The largest absolute Gasteiger partial charge is 0.314 e. The average molecular weight is 247 g/mol. The van der Waals surface area contributed by atoms with Gasteiger partial charge in [-0.2, -0.15) is 5.10 Å². The van der Waals surface area contributed by atoms with Crippen molar-refractivity contribution in [3.8, 4) is 0 Å². The van der Waals surface area contributed by atoms with E-state index in [-0.39, 0.29) is 0 Å². The Bertz CT molecular complexity index is 499. The zero-order chi connectivity index (χ0) is 13.0. The maximum atomic E-state index is 4.42. The van der Waals surface area contributed by atoms with Crippen LogP contribution in [0.1, 0.15) is 32.4 Å². The SMILES string of the molecule is CCCC(Cc1ncnc2c1cnn2C)NCC. The van der Waals surface area contributed by atoms with Crippen LogP contribution in [0.15, 0.2) is 12.5 Å². The third-order valence-electron chi connectivity index (χ3n) is 3.18. The van der Waals surface area contributed by atoms with E-state index in [0.717, 1.165) is 29.7 Å². The van der Waals surface area contributed by atoms with Crippen LogP contribution in [0.4, 0.5) is 0 Å². The lowest BCUT2D eigenvalue weighted by atomic mass is 10.0. The number of aromatic nitrogens is 4. The summed E-state index contributed by atoms with van der Waals surface area (Å²) in [5, 5.41) is 8.83. The fourth-order valence-electron chi connectivity index (χ4n) is 2.32. The highest BCUT2D eigenvalue weighted by Crippen LogP contribution is 2.16. The molecule has 0 bridgehead atoms. The van der Waals surface area contributed by atoms with E-state index in [1.807, 2.05) is 13.2 Å². The normalized spacial score (nSPS) is 13.1. The fraction of sp³-hybridized carbons (Fsp3) is 0.615. The smallest absolute Gasteiger partial charge is 0.161 e. The summed E-state index contributed by atoms with van der Waals surface area (Å²) in [6.07, 6.45) is 6.78. The van der Waals surface area contributed by atoms with Gasteiger partial charge in [0.05, 0.1) is 17.3 Å². The first kappa shape index (κ1) is 13.0. The first-order valence-electron chi connectivity index (χ1n) is 6.61. The Morgan fingerprint density at radius 2 is 2.17 bits per heavy atom. The van der Waals surface area contributed by atoms with E-state index in [0.29, 0.717) is 6.04 Å². The molecule has 2 heterocycles. The molecule has 1 unspecified atom stereocenters. The van der Waals surface area contributed by atoms with E-state index in [4.69, 9.17) is 0 Å². The van der Waals surface area contributed by atoms with Crippen molar-refractivity contribution in [2.45, 2.75) is 39.2 Å². The monoisotopic (exact) mass is 247 g/mol. The van der Waals surface area contributed by atoms with Gasteiger partial charge in [0.25, 0.3) is 0 Å². The Kier molecular flexibility index (Phi) is 4.25. The molecule has 0 aromatic carbocycles. The Balaban J connectivity index is 2.24. The molecule has 0 fully saturated rings. The molecule has 0 saturated heterocycles. The number of likely N-dealkylation sites (N-methyl/N-ethyl adjacent to an activating group) is 1. The summed E-state index contributed by atoms with van der Waals surface area (Å²) in [6, 6.07) is 0.485. The summed E-state index contributed by atoms with van der Waals surface area (Å²) in [6.45, 7) is 5.35. The molecule has 0 aliphatic rings. The second-order valence-electron chi connectivity index (χ2n) is 4.57.